The molecule has 1 atom stereocenters. The number of urea groups is 1. The average Bonchev–Trinajstić information content (AvgIpc) is 3.12. The van der Waals surface area contributed by atoms with Gasteiger partial charge in [-0.15, -0.1) is 0 Å². The first-order valence-electron chi connectivity index (χ1n) is 9.13. The highest BCUT2D eigenvalue weighted by Crippen LogP contribution is 2.21. The molecule has 1 aromatic rings. The van der Waals surface area contributed by atoms with E-state index in [0.717, 1.165) is 25.8 Å². The maximum absolute atomic E-state index is 12.6. The molecule has 0 aliphatic carbocycles. The summed E-state index contributed by atoms with van der Waals surface area (Å²) in [6, 6.07) is 0.0257. The van der Waals surface area contributed by atoms with Crippen LogP contribution < -0.4 is 10.2 Å². The normalized spacial score (nSPS) is 20.2. The van der Waals surface area contributed by atoms with Crippen molar-refractivity contribution in [1.29, 1.82) is 0 Å². The lowest BCUT2D eigenvalue weighted by atomic mass is 10.2. The monoisotopic (exact) mass is 380 g/mol. The first-order chi connectivity index (χ1) is 12.6. The van der Waals surface area contributed by atoms with Crippen molar-refractivity contribution in [3.63, 3.8) is 0 Å². The summed E-state index contributed by atoms with van der Waals surface area (Å²) >= 11 is 5.89. The average molecular weight is 381 g/mol. The summed E-state index contributed by atoms with van der Waals surface area (Å²) in [5.74, 6) is 0.643. The molecule has 9 heteroatoms. The van der Waals surface area contributed by atoms with Crippen LogP contribution in [0.2, 0.25) is 5.02 Å². The first kappa shape index (κ1) is 18.7. The molecular formula is C17H25ClN6O2. The molecule has 0 bridgehead atoms. The van der Waals surface area contributed by atoms with E-state index >= 15 is 0 Å². The number of rotatable bonds is 6. The Morgan fingerprint density at radius 3 is 2.85 bits per heavy atom. The van der Waals surface area contributed by atoms with E-state index in [4.69, 9.17) is 11.6 Å². The Kier molecular flexibility index (Phi) is 6.13. The van der Waals surface area contributed by atoms with Crippen molar-refractivity contribution in [2.24, 2.45) is 0 Å². The molecule has 2 aliphatic heterocycles. The van der Waals surface area contributed by atoms with Crippen molar-refractivity contribution in [2.45, 2.75) is 32.2 Å². The molecule has 142 valence electrons. The number of carbonyl (C=O) groups excluding carboxylic acids is 2. The Morgan fingerprint density at radius 1 is 1.38 bits per heavy atom. The van der Waals surface area contributed by atoms with Crippen molar-refractivity contribution < 1.29 is 9.59 Å². The number of carbonyl (C=O) groups is 2. The molecule has 3 heterocycles. The van der Waals surface area contributed by atoms with Crippen molar-refractivity contribution in [3.8, 4) is 0 Å². The maximum Gasteiger partial charge on any atom is 0.317 e. The summed E-state index contributed by atoms with van der Waals surface area (Å²) in [6.07, 6.45) is 5.90. The number of halogens is 1. The predicted molar refractivity (Wildman–Crippen MR) is 99.3 cm³/mol. The van der Waals surface area contributed by atoms with Crippen molar-refractivity contribution in [3.05, 3.63) is 17.4 Å². The maximum atomic E-state index is 12.6. The van der Waals surface area contributed by atoms with Gasteiger partial charge in [0.05, 0.1) is 23.5 Å². The summed E-state index contributed by atoms with van der Waals surface area (Å²) in [5.41, 5.74) is 0. The van der Waals surface area contributed by atoms with Crippen LogP contribution in [0.5, 0.6) is 0 Å². The zero-order chi connectivity index (χ0) is 18.5. The van der Waals surface area contributed by atoms with Gasteiger partial charge in [-0.25, -0.2) is 14.8 Å². The smallest absolute Gasteiger partial charge is 0.317 e. The predicted octanol–water partition coefficient (Wildman–Crippen LogP) is 1.36. The van der Waals surface area contributed by atoms with Gasteiger partial charge in [-0.1, -0.05) is 18.5 Å². The minimum Gasteiger partial charge on any atom is -0.339 e. The SMILES string of the molecule is CCCN(c1ncc(Cl)cn1)C1CCN(C(=O)CN2CCCNC2=O)C1. The van der Waals surface area contributed by atoms with E-state index in [9.17, 15) is 9.59 Å². The van der Waals surface area contributed by atoms with Gasteiger partial charge in [0.1, 0.15) is 6.54 Å². The van der Waals surface area contributed by atoms with Crippen LogP contribution in [0.4, 0.5) is 10.7 Å². The van der Waals surface area contributed by atoms with Gasteiger partial charge in [0.15, 0.2) is 0 Å². The molecule has 26 heavy (non-hydrogen) atoms. The van der Waals surface area contributed by atoms with Crippen LogP contribution in [-0.2, 0) is 4.79 Å². The standard InChI is InChI=1S/C17H25ClN6O2/c1-2-6-24(16-20-9-13(18)10-21-16)14-4-8-22(11-14)15(25)12-23-7-3-5-19-17(23)26/h9-10,14H,2-8,11-12H2,1H3,(H,19,26). The fraction of sp³-hybridized carbons (Fsp3) is 0.647. The van der Waals surface area contributed by atoms with Gasteiger partial charge in [-0.05, 0) is 19.3 Å². The van der Waals surface area contributed by atoms with E-state index in [0.29, 0.717) is 37.1 Å². The van der Waals surface area contributed by atoms with Gasteiger partial charge in [-0.3, -0.25) is 4.79 Å². The number of anilines is 1. The fourth-order valence-electron chi connectivity index (χ4n) is 3.46. The van der Waals surface area contributed by atoms with E-state index < -0.39 is 0 Å². The van der Waals surface area contributed by atoms with Gasteiger partial charge in [0, 0.05) is 32.7 Å². The Bertz CT molecular complexity index is 641. The Hall–Kier alpha value is -2.09. The number of hydrogen-bond donors (Lipinski definition) is 1. The molecule has 0 saturated carbocycles. The zero-order valence-corrected chi connectivity index (χ0v) is 15.8. The van der Waals surface area contributed by atoms with E-state index in [1.54, 1.807) is 17.3 Å². The molecule has 0 spiro atoms. The van der Waals surface area contributed by atoms with Crippen molar-refractivity contribution >= 4 is 29.5 Å². The highest BCUT2D eigenvalue weighted by Gasteiger charge is 2.32. The second-order valence-electron chi connectivity index (χ2n) is 6.68. The molecule has 0 radical (unpaired) electrons. The quantitative estimate of drug-likeness (QED) is 0.805. The lowest BCUT2D eigenvalue weighted by Crippen LogP contribution is -2.50. The van der Waals surface area contributed by atoms with Crippen LogP contribution in [0, 0.1) is 0 Å². The van der Waals surface area contributed by atoms with Gasteiger partial charge >= 0.3 is 6.03 Å². The van der Waals surface area contributed by atoms with Crippen LogP contribution in [-0.4, -0.2) is 77.0 Å². The molecule has 0 aromatic carbocycles. The molecule has 2 saturated heterocycles. The third-order valence-electron chi connectivity index (χ3n) is 4.78. The lowest BCUT2D eigenvalue weighted by molar-refractivity contribution is -0.130. The molecule has 1 aromatic heterocycles. The second kappa shape index (κ2) is 8.53. The largest absolute Gasteiger partial charge is 0.339 e. The summed E-state index contributed by atoms with van der Waals surface area (Å²) in [4.78, 5) is 38.7. The number of aromatic nitrogens is 2. The van der Waals surface area contributed by atoms with Crippen molar-refractivity contribution in [2.75, 3.05) is 44.2 Å². The summed E-state index contributed by atoms with van der Waals surface area (Å²) in [5, 5.41) is 3.29. The third kappa shape index (κ3) is 4.35. The highest BCUT2D eigenvalue weighted by molar-refractivity contribution is 6.30. The highest BCUT2D eigenvalue weighted by atomic mass is 35.5. The van der Waals surface area contributed by atoms with Crippen LogP contribution >= 0.6 is 11.6 Å². The number of hydrogen-bond acceptors (Lipinski definition) is 5. The fourth-order valence-corrected chi connectivity index (χ4v) is 3.55. The van der Waals surface area contributed by atoms with E-state index in [-0.39, 0.29) is 24.5 Å². The van der Waals surface area contributed by atoms with Crippen molar-refractivity contribution in [1.82, 2.24) is 25.1 Å². The Morgan fingerprint density at radius 2 is 2.15 bits per heavy atom. The first-order valence-corrected chi connectivity index (χ1v) is 9.51. The van der Waals surface area contributed by atoms with E-state index in [1.807, 2.05) is 4.90 Å². The molecule has 1 N–H and O–H groups in total. The zero-order valence-electron chi connectivity index (χ0n) is 15.0. The van der Waals surface area contributed by atoms with E-state index in [1.165, 1.54) is 0 Å². The van der Waals surface area contributed by atoms with Gasteiger partial charge < -0.3 is 20.0 Å². The molecule has 2 aliphatic rings. The molecule has 8 nitrogen and oxygen atoms in total. The molecule has 2 fully saturated rings. The van der Waals surface area contributed by atoms with Gasteiger partial charge in [0.25, 0.3) is 0 Å². The summed E-state index contributed by atoms with van der Waals surface area (Å²) in [7, 11) is 0. The van der Waals surface area contributed by atoms with Crippen LogP contribution in [0.3, 0.4) is 0 Å². The second-order valence-corrected chi connectivity index (χ2v) is 7.12. The summed E-state index contributed by atoms with van der Waals surface area (Å²) < 4.78 is 0. The van der Waals surface area contributed by atoms with E-state index in [2.05, 4.69) is 27.1 Å². The molecule has 1 unspecified atom stereocenters. The lowest BCUT2D eigenvalue weighted by Gasteiger charge is -2.30. The molecule has 3 amide bonds. The molecule has 3 rings (SSSR count). The number of nitrogens with zero attached hydrogens (tertiary/aromatic N) is 5. The Labute approximate surface area is 158 Å². The van der Waals surface area contributed by atoms with Crippen LogP contribution in [0.1, 0.15) is 26.2 Å². The van der Waals surface area contributed by atoms with Gasteiger partial charge in [-0.2, -0.15) is 0 Å². The number of amides is 3. The third-order valence-corrected chi connectivity index (χ3v) is 4.97. The van der Waals surface area contributed by atoms with Crippen LogP contribution in [0.15, 0.2) is 12.4 Å². The molecular weight excluding hydrogens is 356 g/mol. The number of nitrogens with one attached hydrogen (secondary N) is 1. The Balaban J connectivity index is 1.61. The summed E-state index contributed by atoms with van der Waals surface area (Å²) in [6.45, 7) is 5.70. The van der Waals surface area contributed by atoms with Crippen LogP contribution in [0.25, 0.3) is 0 Å². The number of likely N-dealkylation sites (tertiary alicyclic amines) is 1. The minimum absolute atomic E-state index is 0.00183. The van der Waals surface area contributed by atoms with Gasteiger partial charge in [0.2, 0.25) is 11.9 Å². The topological polar surface area (TPSA) is 81.7 Å². The minimum atomic E-state index is -0.150.